The number of nitrogens with zero attached hydrogens (tertiary/aromatic N) is 1. The minimum atomic E-state index is -1.87. The van der Waals surface area contributed by atoms with Crippen LogP contribution in [0.2, 0.25) is 16.6 Å². The number of hydrogen-bond donors (Lipinski definition) is 0. The van der Waals surface area contributed by atoms with Crippen LogP contribution >= 0.6 is 0 Å². The van der Waals surface area contributed by atoms with Crippen LogP contribution in [0.4, 0.5) is 0 Å². The van der Waals surface area contributed by atoms with Gasteiger partial charge in [-0.05, 0) is 41.1 Å². The molecule has 0 amide bonds. The molecule has 0 N–H and O–H groups in total. The van der Waals surface area contributed by atoms with E-state index in [1.54, 1.807) is 0 Å². The van der Waals surface area contributed by atoms with Crippen molar-refractivity contribution in [3.63, 3.8) is 0 Å². The van der Waals surface area contributed by atoms with Gasteiger partial charge in [0.25, 0.3) is 0 Å². The van der Waals surface area contributed by atoms with Crippen LogP contribution in [0.3, 0.4) is 0 Å². The van der Waals surface area contributed by atoms with E-state index in [-0.39, 0.29) is 6.10 Å². The first kappa shape index (κ1) is 17.4. The fourth-order valence-corrected chi connectivity index (χ4v) is 9.74. The lowest BCUT2D eigenvalue weighted by Crippen LogP contribution is -2.48. The molecule has 1 atom stereocenters. The average Bonchev–Trinajstić information content (AvgIpc) is 2.65. The summed E-state index contributed by atoms with van der Waals surface area (Å²) in [6.07, 6.45) is 8.62. The van der Waals surface area contributed by atoms with Crippen LogP contribution in [0.5, 0.6) is 0 Å². The van der Waals surface area contributed by atoms with Crippen molar-refractivity contribution in [3.05, 3.63) is 35.7 Å². The van der Waals surface area contributed by atoms with Gasteiger partial charge in [0, 0.05) is 6.20 Å². The molecular formula is C19H31NOSi. The van der Waals surface area contributed by atoms with Crippen molar-refractivity contribution < 1.29 is 4.43 Å². The van der Waals surface area contributed by atoms with Gasteiger partial charge in [-0.2, -0.15) is 0 Å². The highest BCUT2D eigenvalue weighted by molar-refractivity contribution is 6.77. The van der Waals surface area contributed by atoms with Gasteiger partial charge in [0.2, 0.25) is 8.32 Å². The van der Waals surface area contributed by atoms with Crippen molar-refractivity contribution in [2.45, 2.75) is 77.1 Å². The van der Waals surface area contributed by atoms with Crippen molar-refractivity contribution in [2.24, 2.45) is 0 Å². The molecule has 1 aromatic heterocycles. The molecule has 0 spiro atoms. The third-order valence-corrected chi connectivity index (χ3v) is 11.2. The minimum absolute atomic E-state index is 0.144. The van der Waals surface area contributed by atoms with Gasteiger partial charge in [-0.1, -0.05) is 59.8 Å². The lowest BCUT2D eigenvalue weighted by Gasteiger charge is -2.44. The Morgan fingerprint density at radius 2 is 1.73 bits per heavy atom. The number of aromatic nitrogens is 1. The second kappa shape index (κ2) is 7.09. The molecule has 0 radical (unpaired) electrons. The topological polar surface area (TPSA) is 22.1 Å². The molecule has 0 saturated carbocycles. The smallest absolute Gasteiger partial charge is 0.201 e. The molecule has 2 nitrogen and oxygen atoms in total. The third-order valence-electron chi connectivity index (χ3n) is 5.12. The summed E-state index contributed by atoms with van der Waals surface area (Å²) in [7, 11) is -1.87. The van der Waals surface area contributed by atoms with E-state index < -0.39 is 8.32 Å². The molecule has 1 aromatic rings. The Morgan fingerprint density at radius 3 is 2.32 bits per heavy atom. The Hall–Kier alpha value is -0.933. The Labute approximate surface area is 137 Å². The summed E-state index contributed by atoms with van der Waals surface area (Å²) < 4.78 is 7.01. The fraction of sp³-hybridized carbons (Fsp3) is 0.632. The van der Waals surface area contributed by atoms with E-state index in [1.165, 1.54) is 5.56 Å². The molecule has 122 valence electrons. The van der Waals surface area contributed by atoms with Crippen LogP contribution in [0.25, 0.3) is 6.08 Å². The zero-order valence-corrected chi connectivity index (χ0v) is 16.0. The molecule has 2 rings (SSSR count). The van der Waals surface area contributed by atoms with Gasteiger partial charge in [-0.15, -0.1) is 0 Å². The number of hydrogen-bond acceptors (Lipinski definition) is 2. The summed E-state index contributed by atoms with van der Waals surface area (Å²) >= 11 is 0. The molecule has 0 bridgehead atoms. The third kappa shape index (κ3) is 3.20. The lowest BCUT2D eigenvalue weighted by atomic mass is 10.1. The largest absolute Gasteiger partial charge is 0.408 e. The highest BCUT2D eigenvalue weighted by Gasteiger charge is 2.47. The molecule has 3 heteroatoms. The molecule has 0 saturated heterocycles. The van der Waals surface area contributed by atoms with Gasteiger partial charge in [-0.25, -0.2) is 0 Å². The molecule has 1 heterocycles. The van der Waals surface area contributed by atoms with Crippen LogP contribution in [-0.2, 0) is 4.43 Å². The molecule has 1 aliphatic carbocycles. The summed E-state index contributed by atoms with van der Waals surface area (Å²) in [5.74, 6) is 0. The first-order valence-electron chi connectivity index (χ1n) is 8.68. The van der Waals surface area contributed by atoms with Gasteiger partial charge < -0.3 is 4.43 Å². The minimum Gasteiger partial charge on any atom is -0.408 e. The summed E-state index contributed by atoms with van der Waals surface area (Å²) in [5, 5.41) is 0. The van der Waals surface area contributed by atoms with Gasteiger partial charge in [0.1, 0.15) is 0 Å². The van der Waals surface area contributed by atoms with E-state index in [1.807, 2.05) is 12.3 Å². The zero-order chi connectivity index (χ0) is 16.3. The van der Waals surface area contributed by atoms with Crippen molar-refractivity contribution in [3.8, 4) is 0 Å². The molecule has 0 aromatic carbocycles. The zero-order valence-electron chi connectivity index (χ0n) is 15.0. The Morgan fingerprint density at radius 1 is 1.09 bits per heavy atom. The quantitative estimate of drug-likeness (QED) is 0.610. The Kier molecular flexibility index (Phi) is 5.62. The summed E-state index contributed by atoms with van der Waals surface area (Å²) in [5.41, 5.74) is 4.18. The SMILES string of the molecule is CC(C)[Si](O[C@H]1CCC=Cc2cccnc21)(C(C)C)C(C)C. The van der Waals surface area contributed by atoms with Gasteiger partial charge in [0.05, 0.1) is 11.8 Å². The first-order chi connectivity index (χ1) is 10.4. The molecule has 1 aliphatic rings. The van der Waals surface area contributed by atoms with E-state index in [0.717, 1.165) is 18.5 Å². The highest BCUT2D eigenvalue weighted by Crippen LogP contribution is 2.46. The van der Waals surface area contributed by atoms with Gasteiger partial charge in [0.15, 0.2) is 0 Å². The predicted molar refractivity (Wildman–Crippen MR) is 97.4 cm³/mol. The second-order valence-electron chi connectivity index (χ2n) is 7.38. The van der Waals surface area contributed by atoms with Gasteiger partial charge >= 0.3 is 0 Å². The summed E-state index contributed by atoms with van der Waals surface area (Å²) in [6.45, 7) is 14.1. The van der Waals surface area contributed by atoms with E-state index in [4.69, 9.17) is 4.43 Å². The molecule has 22 heavy (non-hydrogen) atoms. The second-order valence-corrected chi connectivity index (χ2v) is 12.8. The van der Waals surface area contributed by atoms with E-state index in [2.05, 4.69) is 64.7 Å². The highest BCUT2D eigenvalue weighted by atomic mass is 28.4. The van der Waals surface area contributed by atoms with Crippen molar-refractivity contribution >= 4 is 14.4 Å². The number of pyridine rings is 1. The number of rotatable bonds is 5. The molecular weight excluding hydrogens is 286 g/mol. The maximum absolute atomic E-state index is 7.01. The van der Waals surface area contributed by atoms with Crippen molar-refractivity contribution in [1.82, 2.24) is 4.98 Å². The molecule has 0 unspecified atom stereocenters. The van der Waals surface area contributed by atoms with Crippen LogP contribution in [0.1, 0.15) is 71.7 Å². The lowest BCUT2D eigenvalue weighted by molar-refractivity contribution is 0.163. The summed E-state index contributed by atoms with van der Waals surface area (Å²) in [4.78, 5) is 4.67. The summed E-state index contributed by atoms with van der Waals surface area (Å²) in [6, 6.07) is 4.17. The van der Waals surface area contributed by atoms with E-state index in [0.29, 0.717) is 16.6 Å². The fourth-order valence-electron chi connectivity index (χ4n) is 4.20. The van der Waals surface area contributed by atoms with Gasteiger partial charge in [-0.3, -0.25) is 4.98 Å². The standard InChI is InChI=1S/C19H31NOSi/c1-14(2)22(15(3)4,16(5)6)21-18-12-8-7-10-17-11-9-13-20-19(17)18/h7,9-11,13-16,18H,8,12H2,1-6H3/t18-/m0/s1. The van der Waals surface area contributed by atoms with E-state index in [9.17, 15) is 0 Å². The van der Waals surface area contributed by atoms with Crippen LogP contribution in [0, 0.1) is 0 Å². The monoisotopic (exact) mass is 317 g/mol. The number of allylic oxidation sites excluding steroid dienone is 1. The van der Waals surface area contributed by atoms with Crippen LogP contribution in [0.15, 0.2) is 24.4 Å². The first-order valence-corrected chi connectivity index (χ1v) is 10.8. The molecule has 0 fully saturated rings. The van der Waals surface area contributed by atoms with Crippen LogP contribution in [-0.4, -0.2) is 13.3 Å². The van der Waals surface area contributed by atoms with Crippen LogP contribution < -0.4 is 0 Å². The average molecular weight is 318 g/mol. The Balaban J connectivity index is 2.39. The molecule has 0 aliphatic heterocycles. The number of fused-ring (bicyclic) bond motifs is 1. The predicted octanol–water partition coefficient (Wildman–Crippen LogP) is 6.12. The maximum Gasteiger partial charge on any atom is 0.201 e. The van der Waals surface area contributed by atoms with E-state index >= 15 is 0 Å². The Bertz CT molecular complexity index is 500. The normalized spacial score (nSPS) is 18.9. The van der Waals surface area contributed by atoms with Crippen molar-refractivity contribution in [2.75, 3.05) is 0 Å². The maximum atomic E-state index is 7.01. The van der Waals surface area contributed by atoms with Crippen molar-refractivity contribution in [1.29, 1.82) is 0 Å².